The van der Waals surface area contributed by atoms with Crippen LogP contribution >= 0.6 is 11.6 Å². The van der Waals surface area contributed by atoms with Gasteiger partial charge in [0.05, 0.1) is 18.8 Å². The van der Waals surface area contributed by atoms with E-state index >= 15 is 0 Å². The van der Waals surface area contributed by atoms with E-state index in [1.807, 2.05) is 6.07 Å². The summed E-state index contributed by atoms with van der Waals surface area (Å²) in [7, 11) is 1.79. The molecule has 5 heteroatoms. The van der Waals surface area contributed by atoms with Crippen LogP contribution in [0.5, 0.6) is 0 Å². The summed E-state index contributed by atoms with van der Waals surface area (Å²) in [5, 5.41) is 3.58. The van der Waals surface area contributed by atoms with Gasteiger partial charge in [0, 0.05) is 30.8 Å². The normalized spacial score (nSPS) is 15.8. The number of rotatable bonds is 2. The number of carbonyl (C=O) groups is 1. The summed E-state index contributed by atoms with van der Waals surface area (Å²) in [5.41, 5.74) is 1.41. The van der Waals surface area contributed by atoms with E-state index in [4.69, 9.17) is 16.3 Å². The van der Waals surface area contributed by atoms with Crippen molar-refractivity contribution in [3.8, 4) is 0 Å². The van der Waals surface area contributed by atoms with E-state index in [0.717, 1.165) is 5.69 Å². The monoisotopic (exact) mass is 254 g/mol. The highest BCUT2D eigenvalue weighted by Crippen LogP contribution is 2.22. The third kappa shape index (κ3) is 2.70. The maximum absolute atomic E-state index is 12.3. The number of amides is 1. The number of nitrogens with zero attached hydrogens (tertiary/aromatic N) is 1. The van der Waals surface area contributed by atoms with E-state index in [1.165, 1.54) is 0 Å². The lowest BCUT2D eigenvalue weighted by atomic mass is 10.1. The Morgan fingerprint density at radius 2 is 2.12 bits per heavy atom. The Labute approximate surface area is 106 Å². The van der Waals surface area contributed by atoms with Gasteiger partial charge in [-0.3, -0.25) is 4.79 Å². The second-order valence-corrected chi connectivity index (χ2v) is 4.28. The molecule has 2 rings (SSSR count). The molecule has 0 atom stereocenters. The molecule has 92 valence electrons. The molecule has 0 spiro atoms. The molecule has 1 amide bonds. The summed E-state index contributed by atoms with van der Waals surface area (Å²) in [4.78, 5) is 14.1. The van der Waals surface area contributed by atoms with Crippen molar-refractivity contribution in [3.05, 3.63) is 28.8 Å². The average Bonchev–Trinajstić information content (AvgIpc) is 2.39. The molecule has 0 aromatic heterocycles. The number of benzene rings is 1. The highest BCUT2D eigenvalue weighted by molar-refractivity contribution is 6.31. The second kappa shape index (κ2) is 5.38. The molecule has 1 fully saturated rings. The van der Waals surface area contributed by atoms with Crippen molar-refractivity contribution >= 4 is 23.2 Å². The van der Waals surface area contributed by atoms with Crippen molar-refractivity contribution in [2.24, 2.45) is 0 Å². The smallest absolute Gasteiger partial charge is 0.256 e. The first-order chi connectivity index (χ1) is 8.22. The maximum Gasteiger partial charge on any atom is 0.256 e. The Kier molecular flexibility index (Phi) is 3.86. The van der Waals surface area contributed by atoms with Gasteiger partial charge in [0.2, 0.25) is 0 Å². The highest BCUT2D eigenvalue weighted by atomic mass is 35.5. The fourth-order valence-electron chi connectivity index (χ4n) is 1.85. The predicted molar refractivity (Wildman–Crippen MR) is 67.7 cm³/mol. The van der Waals surface area contributed by atoms with Gasteiger partial charge in [-0.2, -0.15) is 0 Å². The molecule has 1 aliphatic rings. The first kappa shape index (κ1) is 12.2. The Morgan fingerprint density at radius 3 is 2.76 bits per heavy atom. The van der Waals surface area contributed by atoms with Crippen LogP contribution in [0.15, 0.2) is 18.2 Å². The van der Waals surface area contributed by atoms with Crippen LogP contribution in [0.25, 0.3) is 0 Å². The minimum absolute atomic E-state index is 0.000139. The van der Waals surface area contributed by atoms with Gasteiger partial charge in [0.15, 0.2) is 0 Å². The molecule has 1 aliphatic heterocycles. The molecule has 0 radical (unpaired) electrons. The molecule has 17 heavy (non-hydrogen) atoms. The van der Waals surface area contributed by atoms with Crippen LogP contribution < -0.4 is 5.32 Å². The van der Waals surface area contributed by atoms with Crippen LogP contribution in [0.2, 0.25) is 5.02 Å². The first-order valence-corrected chi connectivity index (χ1v) is 5.94. The molecule has 0 saturated carbocycles. The summed E-state index contributed by atoms with van der Waals surface area (Å²) in [6.07, 6.45) is 0. The largest absolute Gasteiger partial charge is 0.387 e. The fraction of sp³-hybridized carbons (Fsp3) is 0.417. The van der Waals surface area contributed by atoms with Crippen molar-refractivity contribution in [1.82, 2.24) is 4.90 Å². The number of ether oxygens (including phenoxy) is 1. The summed E-state index contributed by atoms with van der Waals surface area (Å²) >= 11 is 5.93. The quantitative estimate of drug-likeness (QED) is 0.876. The fourth-order valence-corrected chi connectivity index (χ4v) is 2.02. The van der Waals surface area contributed by atoms with E-state index in [9.17, 15) is 4.79 Å². The lowest BCUT2D eigenvalue weighted by Gasteiger charge is -2.27. The maximum atomic E-state index is 12.3. The van der Waals surface area contributed by atoms with Gasteiger partial charge in [-0.05, 0) is 18.2 Å². The van der Waals surface area contributed by atoms with E-state index in [1.54, 1.807) is 24.1 Å². The molecule has 1 heterocycles. The van der Waals surface area contributed by atoms with Crippen LogP contribution in [0.4, 0.5) is 5.69 Å². The summed E-state index contributed by atoms with van der Waals surface area (Å²) in [6.45, 7) is 2.46. The van der Waals surface area contributed by atoms with Crippen LogP contribution in [0.1, 0.15) is 10.4 Å². The Morgan fingerprint density at radius 1 is 1.41 bits per heavy atom. The number of carbonyl (C=O) groups excluding carboxylic acids is 1. The number of hydrogen-bond donors (Lipinski definition) is 1. The number of halogens is 1. The Balaban J connectivity index is 2.25. The van der Waals surface area contributed by atoms with Gasteiger partial charge in [-0.15, -0.1) is 0 Å². The minimum atomic E-state index is 0.000139. The SMILES string of the molecule is CNc1ccc(Cl)cc1C(=O)N1CCOCC1. The molecule has 0 aliphatic carbocycles. The Bertz CT molecular complexity index is 417. The van der Waals surface area contributed by atoms with E-state index in [2.05, 4.69) is 5.32 Å². The molecular weight excluding hydrogens is 240 g/mol. The van der Waals surface area contributed by atoms with Crippen molar-refractivity contribution in [3.63, 3.8) is 0 Å². The standard InChI is InChI=1S/C12H15ClN2O2/c1-14-11-3-2-9(13)8-10(11)12(16)15-4-6-17-7-5-15/h2-3,8,14H,4-7H2,1H3. The van der Waals surface area contributed by atoms with Crippen LogP contribution in [-0.4, -0.2) is 44.2 Å². The minimum Gasteiger partial charge on any atom is -0.387 e. The highest BCUT2D eigenvalue weighted by Gasteiger charge is 2.20. The van der Waals surface area contributed by atoms with Crippen molar-refractivity contribution in [2.75, 3.05) is 38.7 Å². The third-order valence-electron chi connectivity index (χ3n) is 2.78. The zero-order chi connectivity index (χ0) is 12.3. The lowest BCUT2D eigenvalue weighted by molar-refractivity contribution is 0.0303. The molecule has 1 aromatic carbocycles. The number of hydrogen-bond acceptors (Lipinski definition) is 3. The molecule has 0 unspecified atom stereocenters. The zero-order valence-corrected chi connectivity index (χ0v) is 10.5. The van der Waals surface area contributed by atoms with Gasteiger partial charge in [-0.1, -0.05) is 11.6 Å². The van der Waals surface area contributed by atoms with E-state index in [0.29, 0.717) is 36.9 Å². The summed E-state index contributed by atoms with van der Waals surface area (Å²) < 4.78 is 5.23. The number of anilines is 1. The lowest BCUT2D eigenvalue weighted by Crippen LogP contribution is -2.40. The van der Waals surface area contributed by atoms with Gasteiger partial charge < -0.3 is 15.0 Å². The molecule has 1 aromatic rings. The van der Waals surface area contributed by atoms with Crippen LogP contribution in [-0.2, 0) is 4.74 Å². The van der Waals surface area contributed by atoms with Crippen molar-refractivity contribution in [2.45, 2.75) is 0 Å². The van der Waals surface area contributed by atoms with Gasteiger partial charge >= 0.3 is 0 Å². The third-order valence-corrected chi connectivity index (χ3v) is 3.01. The second-order valence-electron chi connectivity index (χ2n) is 3.84. The average molecular weight is 255 g/mol. The predicted octanol–water partition coefficient (Wildman–Crippen LogP) is 1.85. The van der Waals surface area contributed by atoms with Gasteiger partial charge in [0.25, 0.3) is 5.91 Å². The van der Waals surface area contributed by atoms with Crippen molar-refractivity contribution < 1.29 is 9.53 Å². The summed E-state index contributed by atoms with van der Waals surface area (Å²) in [6, 6.07) is 5.28. The zero-order valence-electron chi connectivity index (χ0n) is 9.70. The van der Waals surface area contributed by atoms with Gasteiger partial charge in [0.1, 0.15) is 0 Å². The van der Waals surface area contributed by atoms with E-state index < -0.39 is 0 Å². The Hall–Kier alpha value is -1.26. The topological polar surface area (TPSA) is 41.6 Å². The van der Waals surface area contributed by atoms with E-state index in [-0.39, 0.29) is 5.91 Å². The molecular formula is C12H15ClN2O2. The number of morpholine rings is 1. The van der Waals surface area contributed by atoms with Gasteiger partial charge in [-0.25, -0.2) is 0 Å². The first-order valence-electron chi connectivity index (χ1n) is 5.56. The van der Waals surface area contributed by atoms with Crippen LogP contribution in [0, 0.1) is 0 Å². The summed E-state index contributed by atoms with van der Waals surface area (Å²) in [5.74, 6) is 0.000139. The number of nitrogens with one attached hydrogen (secondary N) is 1. The molecule has 1 saturated heterocycles. The molecule has 0 bridgehead atoms. The molecule has 4 nitrogen and oxygen atoms in total. The van der Waals surface area contributed by atoms with Crippen molar-refractivity contribution in [1.29, 1.82) is 0 Å². The van der Waals surface area contributed by atoms with Crippen LogP contribution in [0.3, 0.4) is 0 Å². The molecule has 1 N–H and O–H groups in total.